The minimum absolute atomic E-state index is 0.159. The predicted octanol–water partition coefficient (Wildman–Crippen LogP) is 3.68. The van der Waals surface area contributed by atoms with Gasteiger partial charge in [0, 0.05) is 6.54 Å². The van der Waals surface area contributed by atoms with E-state index in [1.54, 1.807) is 51.1 Å². The molecular formula is C20H29NO4S. The molecule has 0 aromatic heterocycles. The van der Waals surface area contributed by atoms with Gasteiger partial charge in [0.2, 0.25) is 10.0 Å². The summed E-state index contributed by atoms with van der Waals surface area (Å²) in [5.74, 6) is -0.459. The Morgan fingerprint density at radius 2 is 1.62 bits per heavy atom. The fraction of sp³-hybridized carbons (Fsp3) is 0.550. The highest BCUT2D eigenvalue weighted by Gasteiger charge is 2.46. The Morgan fingerprint density at radius 1 is 1.08 bits per heavy atom. The summed E-state index contributed by atoms with van der Waals surface area (Å²) >= 11 is 0. The van der Waals surface area contributed by atoms with Crippen LogP contribution in [0.3, 0.4) is 0 Å². The molecule has 0 bridgehead atoms. The molecule has 2 rings (SSSR count). The number of carbonyl (C=O) groups excluding carboxylic acids is 1. The maximum Gasteiger partial charge on any atom is 0.335 e. The van der Waals surface area contributed by atoms with E-state index in [9.17, 15) is 13.2 Å². The predicted molar refractivity (Wildman–Crippen MR) is 102 cm³/mol. The summed E-state index contributed by atoms with van der Waals surface area (Å²) in [5.41, 5.74) is 0.300. The van der Waals surface area contributed by atoms with Crippen LogP contribution in [0.1, 0.15) is 47.1 Å². The molecule has 0 saturated carbocycles. The Bertz CT molecular complexity index is 809. The maximum absolute atomic E-state index is 13.2. The first-order valence-electron chi connectivity index (χ1n) is 8.75. The molecule has 0 spiro atoms. The standard InChI is InChI=1S/C20H29NO4S/c1-14-8-10-15(11-9-14)26(23,24)21-13-12-16(17(21)19(2,3)4)18(22)25-20(5,6)7/h8-12,17H,13H2,1-7H3/t17-/m1/s1. The van der Waals surface area contributed by atoms with Gasteiger partial charge in [0.1, 0.15) is 5.60 Å². The number of rotatable bonds is 3. The van der Waals surface area contributed by atoms with E-state index in [2.05, 4.69) is 0 Å². The number of aryl methyl sites for hydroxylation is 1. The normalized spacial score (nSPS) is 19.3. The number of hydrogen-bond donors (Lipinski definition) is 0. The van der Waals surface area contributed by atoms with Crippen LogP contribution in [0.2, 0.25) is 0 Å². The average molecular weight is 380 g/mol. The third kappa shape index (κ3) is 4.35. The van der Waals surface area contributed by atoms with Gasteiger partial charge in [-0.3, -0.25) is 0 Å². The molecule has 0 saturated heterocycles. The summed E-state index contributed by atoms with van der Waals surface area (Å²) in [6, 6.07) is 6.18. The molecule has 0 N–H and O–H groups in total. The number of nitrogens with zero attached hydrogens (tertiary/aromatic N) is 1. The lowest BCUT2D eigenvalue weighted by Crippen LogP contribution is -2.46. The molecule has 5 nitrogen and oxygen atoms in total. The lowest BCUT2D eigenvalue weighted by molar-refractivity contribution is -0.150. The molecular weight excluding hydrogens is 350 g/mol. The summed E-state index contributed by atoms with van der Waals surface area (Å²) < 4.78 is 33.3. The zero-order valence-electron chi connectivity index (χ0n) is 16.7. The van der Waals surface area contributed by atoms with Crippen molar-refractivity contribution in [3.63, 3.8) is 0 Å². The van der Waals surface area contributed by atoms with Crippen molar-refractivity contribution < 1.29 is 17.9 Å². The maximum atomic E-state index is 13.2. The van der Waals surface area contributed by atoms with Crippen molar-refractivity contribution in [2.75, 3.05) is 6.54 Å². The SMILES string of the molecule is Cc1ccc(S(=O)(=O)N2CC=C(C(=O)OC(C)(C)C)[C@@H]2C(C)(C)C)cc1. The second-order valence-electron chi connectivity index (χ2n) is 8.82. The topological polar surface area (TPSA) is 63.7 Å². The molecule has 1 aliphatic rings. The van der Waals surface area contributed by atoms with Gasteiger partial charge in [0.05, 0.1) is 16.5 Å². The summed E-state index contributed by atoms with van der Waals surface area (Å²) in [7, 11) is -3.72. The molecule has 0 fully saturated rings. The minimum Gasteiger partial charge on any atom is -0.457 e. The third-order valence-corrected chi connectivity index (χ3v) is 6.00. The fourth-order valence-corrected chi connectivity index (χ4v) is 4.80. The van der Waals surface area contributed by atoms with Crippen LogP contribution in [0.5, 0.6) is 0 Å². The van der Waals surface area contributed by atoms with Crippen molar-refractivity contribution in [3.8, 4) is 0 Å². The van der Waals surface area contributed by atoms with Crippen LogP contribution in [-0.4, -0.2) is 36.9 Å². The molecule has 1 aliphatic heterocycles. The summed E-state index contributed by atoms with van der Waals surface area (Å²) in [5, 5.41) is 0. The highest BCUT2D eigenvalue weighted by Crippen LogP contribution is 2.38. The Kier molecular flexibility index (Phi) is 5.41. The Morgan fingerprint density at radius 3 is 2.08 bits per heavy atom. The van der Waals surface area contributed by atoms with E-state index < -0.39 is 33.1 Å². The van der Waals surface area contributed by atoms with E-state index in [0.29, 0.717) is 5.57 Å². The Hall–Kier alpha value is -1.66. The van der Waals surface area contributed by atoms with E-state index in [4.69, 9.17) is 4.74 Å². The van der Waals surface area contributed by atoms with Gasteiger partial charge in [0.25, 0.3) is 0 Å². The van der Waals surface area contributed by atoms with Gasteiger partial charge in [-0.15, -0.1) is 0 Å². The van der Waals surface area contributed by atoms with E-state index in [-0.39, 0.29) is 11.4 Å². The molecule has 1 heterocycles. The van der Waals surface area contributed by atoms with Crippen molar-refractivity contribution in [2.24, 2.45) is 5.41 Å². The molecule has 0 unspecified atom stereocenters. The van der Waals surface area contributed by atoms with E-state index in [1.165, 1.54) is 4.31 Å². The number of esters is 1. The van der Waals surface area contributed by atoms with Crippen LogP contribution in [0.25, 0.3) is 0 Å². The monoisotopic (exact) mass is 379 g/mol. The number of carbonyl (C=O) groups is 1. The molecule has 0 radical (unpaired) electrons. The quantitative estimate of drug-likeness (QED) is 0.752. The number of benzene rings is 1. The first-order valence-corrected chi connectivity index (χ1v) is 10.2. The fourth-order valence-electron chi connectivity index (χ4n) is 3.07. The molecule has 144 valence electrons. The number of ether oxygens (including phenoxy) is 1. The van der Waals surface area contributed by atoms with Gasteiger partial charge < -0.3 is 4.74 Å². The van der Waals surface area contributed by atoms with Crippen molar-refractivity contribution in [1.29, 1.82) is 0 Å². The van der Waals surface area contributed by atoms with Crippen LogP contribution in [-0.2, 0) is 19.6 Å². The second kappa shape index (κ2) is 6.82. The van der Waals surface area contributed by atoms with Gasteiger partial charge in [-0.25, -0.2) is 13.2 Å². The molecule has 1 atom stereocenters. The Labute approximate surface area is 157 Å². The minimum atomic E-state index is -3.72. The van der Waals surface area contributed by atoms with Crippen LogP contribution in [0.15, 0.2) is 40.8 Å². The smallest absolute Gasteiger partial charge is 0.335 e. The molecule has 0 amide bonds. The van der Waals surface area contributed by atoms with E-state index in [0.717, 1.165) is 5.56 Å². The average Bonchev–Trinajstić information content (AvgIpc) is 2.91. The van der Waals surface area contributed by atoms with Gasteiger partial charge >= 0.3 is 5.97 Å². The molecule has 26 heavy (non-hydrogen) atoms. The van der Waals surface area contributed by atoms with E-state index in [1.807, 2.05) is 27.7 Å². The van der Waals surface area contributed by atoms with Crippen molar-refractivity contribution in [1.82, 2.24) is 4.31 Å². The second-order valence-corrected chi connectivity index (χ2v) is 10.7. The van der Waals surface area contributed by atoms with Gasteiger partial charge in [0.15, 0.2) is 0 Å². The Balaban J connectivity index is 2.42. The summed E-state index contributed by atoms with van der Waals surface area (Å²) in [4.78, 5) is 12.9. The highest BCUT2D eigenvalue weighted by atomic mass is 32.2. The van der Waals surface area contributed by atoms with Crippen LogP contribution < -0.4 is 0 Å². The van der Waals surface area contributed by atoms with Crippen LogP contribution >= 0.6 is 0 Å². The first kappa shape index (κ1) is 20.6. The number of sulfonamides is 1. The lowest BCUT2D eigenvalue weighted by atomic mass is 9.83. The van der Waals surface area contributed by atoms with Gasteiger partial charge in [-0.1, -0.05) is 44.5 Å². The zero-order valence-corrected chi connectivity index (χ0v) is 17.5. The lowest BCUT2D eigenvalue weighted by Gasteiger charge is -2.36. The summed E-state index contributed by atoms with van der Waals surface area (Å²) in [6.07, 6.45) is 1.68. The van der Waals surface area contributed by atoms with Gasteiger partial charge in [-0.05, 0) is 45.2 Å². The van der Waals surface area contributed by atoms with Crippen LogP contribution in [0.4, 0.5) is 0 Å². The molecule has 0 aliphatic carbocycles. The van der Waals surface area contributed by atoms with Gasteiger partial charge in [-0.2, -0.15) is 4.31 Å². The molecule has 1 aromatic rings. The zero-order chi connectivity index (χ0) is 19.9. The molecule has 6 heteroatoms. The molecule has 1 aromatic carbocycles. The van der Waals surface area contributed by atoms with Crippen molar-refractivity contribution in [3.05, 3.63) is 41.5 Å². The number of hydrogen-bond acceptors (Lipinski definition) is 4. The first-order chi connectivity index (χ1) is 11.7. The van der Waals surface area contributed by atoms with Crippen molar-refractivity contribution in [2.45, 2.75) is 65.0 Å². The van der Waals surface area contributed by atoms with Crippen LogP contribution in [0, 0.1) is 12.3 Å². The van der Waals surface area contributed by atoms with Crippen molar-refractivity contribution >= 4 is 16.0 Å². The third-order valence-electron chi connectivity index (χ3n) is 4.16. The van der Waals surface area contributed by atoms with E-state index >= 15 is 0 Å². The summed E-state index contributed by atoms with van der Waals surface area (Å²) in [6.45, 7) is 13.3. The highest BCUT2D eigenvalue weighted by molar-refractivity contribution is 7.89. The largest absolute Gasteiger partial charge is 0.457 e.